The summed E-state index contributed by atoms with van der Waals surface area (Å²) in [5.74, 6) is -1.75. The van der Waals surface area contributed by atoms with Crippen molar-refractivity contribution >= 4 is 34.7 Å². The number of hydrogen-bond donors (Lipinski definition) is 1. The van der Waals surface area contributed by atoms with Crippen LogP contribution in [0.3, 0.4) is 0 Å². The molecule has 0 atom stereocenters. The maximum Gasteiger partial charge on any atom is 0.187 e. The van der Waals surface area contributed by atoms with Crippen molar-refractivity contribution in [1.29, 1.82) is 0 Å². The van der Waals surface area contributed by atoms with Crippen LogP contribution >= 0.6 is 23.2 Å². The molecule has 0 bridgehead atoms. The molecule has 6 heteroatoms. The van der Waals surface area contributed by atoms with E-state index in [0.717, 1.165) is 12.1 Å². The van der Waals surface area contributed by atoms with Gasteiger partial charge in [-0.15, -0.1) is 0 Å². The second kappa shape index (κ2) is 6.70. The molecule has 0 heterocycles. The smallest absolute Gasteiger partial charge is 0.187 e. The number of rotatable bonds is 4. The summed E-state index contributed by atoms with van der Waals surface area (Å²) in [7, 11) is 0. The summed E-state index contributed by atoms with van der Waals surface area (Å²) in [6, 6.07) is 7.57. The highest BCUT2D eigenvalue weighted by Gasteiger charge is 2.05. The molecule has 2 nitrogen and oxygen atoms in total. The Morgan fingerprint density at radius 3 is 2.48 bits per heavy atom. The van der Waals surface area contributed by atoms with Gasteiger partial charge in [0.2, 0.25) is 0 Å². The first kappa shape index (κ1) is 15.5. The van der Waals surface area contributed by atoms with Gasteiger partial charge in [0.25, 0.3) is 0 Å². The van der Waals surface area contributed by atoms with E-state index in [9.17, 15) is 13.6 Å². The average molecular weight is 328 g/mol. The van der Waals surface area contributed by atoms with E-state index in [0.29, 0.717) is 10.6 Å². The fraction of sp³-hybridized carbons (Fsp3) is 0. The number of carbonyl (C=O) groups excluding carboxylic acids is 1. The van der Waals surface area contributed by atoms with Crippen molar-refractivity contribution in [3.63, 3.8) is 0 Å². The molecule has 0 aliphatic carbocycles. The van der Waals surface area contributed by atoms with E-state index in [1.54, 1.807) is 0 Å². The quantitative estimate of drug-likeness (QED) is 0.626. The molecule has 0 fully saturated rings. The van der Waals surface area contributed by atoms with Gasteiger partial charge in [0.05, 0.1) is 15.7 Å². The largest absolute Gasteiger partial charge is 0.359 e. The molecular weight excluding hydrogens is 319 g/mol. The zero-order valence-corrected chi connectivity index (χ0v) is 12.1. The van der Waals surface area contributed by atoms with Crippen LogP contribution in [-0.4, -0.2) is 5.78 Å². The Labute approximate surface area is 130 Å². The van der Waals surface area contributed by atoms with Crippen molar-refractivity contribution in [1.82, 2.24) is 0 Å². The zero-order chi connectivity index (χ0) is 15.4. The molecule has 2 aromatic rings. The predicted octanol–water partition coefficient (Wildman–Crippen LogP) is 5.08. The summed E-state index contributed by atoms with van der Waals surface area (Å²) in [4.78, 5) is 11.9. The van der Waals surface area contributed by atoms with Gasteiger partial charge < -0.3 is 5.32 Å². The molecule has 108 valence electrons. The monoisotopic (exact) mass is 327 g/mol. The van der Waals surface area contributed by atoms with Gasteiger partial charge in [-0.2, -0.15) is 0 Å². The first-order chi connectivity index (χ1) is 9.97. The lowest BCUT2D eigenvalue weighted by molar-refractivity contribution is 0.104. The van der Waals surface area contributed by atoms with Gasteiger partial charge in [-0.25, -0.2) is 8.78 Å². The summed E-state index contributed by atoms with van der Waals surface area (Å²) in [5, 5.41) is 3.19. The van der Waals surface area contributed by atoms with Gasteiger partial charge in [-0.05, 0) is 30.3 Å². The fourth-order valence-electron chi connectivity index (χ4n) is 1.56. The molecule has 0 unspecified atom stereocenters. The highest BCUT2D eigenvalue weighted by molar-refractivity contribution is 6.42. The Kier molecular flexibility index (Phi) is 4.94. The van der Waals surface area contributed by atoms with Crippen molar-refractivity contribution in [2.45, 2.75) is 0 Å². The molecule has 1 N–H and O–H groups in total. The lowest BCUT2D eigenvalue weighted by atomic mass is 10.1. The zero-order valence-electron chi connectivity index (χ0n) is 10.5. The van der Waals surface area contributed by atoms with E-state index in [4.69, 9.17) is 23.2 Å². The number of allylic oxidation sites excluding steroid dienone is 1. The number of ketones is 1. The van der Waals surface area contributed by atoms with Crippen LogP contribution in [0.1, 0.15) is 10.4 Å². The maximum atomic E-state index is 13.3. The Balaban J connectivity index is 2.06. The number of anilines is 1. The normalized spacial score (nSPS) is 10.9. The number of hydrogen-bond acceptors (Lipinski definition) is 2. The molecular formula is C15H9Cl2F2NO. The lowest BCUT2D eigenvalue weighted by Gasteiger charge is -2.02. The summed E-state index contributed by atoms with van der Waals surface area (Å²) in [6.07, 6.45) is 2.48. The Bertz CT molecular complexity index is 717. The van der Waals surface area contributed by atoms with Gasteiger partial charge >= 0.3 is 0 Å². The maximum absolute atomic E-state index is 13.3. The molecule has 21 heavy (non-hydrogen) atoms. The topological polar surface area (TPSA) is 29.1 Å². The van der Waals surface area contributed by atoms with Crippen LogP contribution in [0, 0.1) is 11.6 Å². The van der Waals surface area contributed by atoms with Gasteiger partial charge in [-0.3, -0.25) is 4.79 Å². The van der Waals surface area contributed by atoms with Crippen LogP contribution in [0.2, 0.25) is 10.0 Å². The highest BCUT2D eigenvalue weighted by Crippen LogP contribution is 2.23. The molecule has 2 rings (SSSR count). The number of carbonyl (C=O) groups is 1. The number of benzene rings is 2. The summed E-state index contributed by atoms with van der Waals surface area (Å²) in [5.41, 5.74) is 0.414. The molecule has 0 aliphatic rings. The second-order valence-corrected chi connectivity index (χ2v) is 4.91. The molecule has 0 aromatic heterocycles. The minimum absolute atomic E-state index is 0.0644. The third kappa shape index (κ3) is 4.03. The summed E-state index contributed by atoms with van der Waals surface area (Å²) in [6.45, 7) is 0. The van der Waals surface area contributed by atoms with Gasteiger partial charge in [-0.1, -0.05) is 23.2 Å². The van der Waals surface area contributed by atoms with Crippen molar-refractivity contribution in [3.05, 3.63) is 75.9 Å². The van der Waals surface area contributed by atoms with Crippen LogP contribution in [-0.2, 0) is 0 Å². The molecule has 0 spiro atoms. The van der Waals surface area contributed by atoms with Gasteiger partial charge in [0.1, 0.15) is 11.6 Å². The van der Waals surface area contributed by atoms with Crippen molar-refractivity contribution < 1.29 is 13.6 Å². The molecule has 2 aromatic carbocycles. The van der Waals surface area contributed by atoms with E-state index < -0.39 is 11.6 Å². The Morgan fingerprint density at radius 1 is 1.05 bits per heavy atom. The third-order valence-corrected chi connectivity index (χ3v) is 3.35. The summed E-state index contributed by atoms with van der Waals surface area (Å²) < 4.78 is 26.1. The van der Waals surface area contributed by atoms with E-state index in [2.05, 4.69) is 5.32 Å². The number of nitrogens with one attached hydrogen (secondary N) is 1. The molecule has 0 saturated carbocycles. The first-order valence-corrected chi connectivity index (χ1v) is 6.60. The predicted molar refractivity (Wildman–Crippen MR) is 79.9 cm³/mol. The lowest BCUT2D eigenvalue weighted by Crippen LogP contribution is -1.97. The molecule has 0 radical (unpaired) electrons. The standard InChI is InChI=1S/C15H9Cl2F2NO/c16-11-3-1-9(7-12(11)17)15(21)5-6-20-14-4-2-10(18)8-13(14)19/h1-8,20H/b6-5+. The van der Waals surface area contributed by atoms with Crippen molar-refractivity contribution in [2.75, 3.05) is 5.32 Å². The van der Waals surface area contributed by atoms with Crippen molar-refractivity contribution in [3.8, 4) is 0 Å². The van der Waals surface area contributed by atoms with E-state index in [1.807, 2.05) is 0 Å². The highest BCUT2D eigenvalue weighted by atomic mass is 35.5. The van der Waals surface area contributed by atoms with Crippen LogP contribution in [0.15, 0.2) is 48.7 Å². The molecule has 0 amide bonds. The van der Waals surface area contributed by atoms with Crippen LogP contribution < -0.4 is 5.32 Å². The van der Waals surface area contributed by atoms with Gasteiger partial charge in [0.15, 0.2) is 5.78 Å². The first-order valence-electron chi connectivity index (χ1n) is 5.85. The van der Waals surface area contributed by atoms with E-state index in [-0.39, 0.29) is 16.5 Å². The van der Waals surface area contributed by atoms with Crippen molar-refractivity contribution in [2.24, 2.45) is 0 Å². The summed E-state index contributed by atoms with van der Waals surface area (Å²) >= 11 is 11.6. The SMILES string of the molecule is O=C(/C=C/Nc1ccc(F)cc1F)c1ccc(Cl)c(Cl)c1. The molecule has 0 saturated heterocycles. The fourth-order valence-corrected chi connectivity index (χ4v) is 1.86. The van der Waals surface area contributed by atoms with Crippen LogP contribution in [0.5, 0.6) is 0 Å². The number of halogens is 4. The van der Waals surface area contributed by atoms with Crippen LogP contribution in [0.4, 0.5) is 14.5 Å². The second-order valence-electron chi connectivity index (χ2n) is 4.09. The third-order valence-electron chi connectivity index (χ3n) is 2.61. The van der Waals surface area contributed by atoms with Gasteiger partial charge in [0, 0.05) is 23.9 Å². The van der Waals surface area contributed by atoms with E-state index in [1.165, 1.54) is 36.5 Å². The minimum Gasteiger partial charge on any atom is -0.359 e. The average Bonchev–Trinajstić information content (AvgIpc) is 2.44. The molecule has 0 aliphatic heterocycles. The Hall–Kier alpha value is -1.91. The Morgan fingerprint density at radius 2 is 1.81 bits per heavy atom. The van der Waals surface area contributed by atoms with Crippen LogP contribution in [0.25, 0.3) is 0 Å². The van der Waals surface area contributed by atoms with E-state index >= 15 is 0 Å². The minimum atomic E-state index is -0.748.